The van der Waals surface area contributed by atoms with Crippen LogP contribution in [-0.4, -0.2) is 56.4 Å². The smallest absolute Gasteiger partial charge is 0.193 e. The van der Waals surface area contributed by atoms with Crippen LogP contribution in [0.2, 0.25) is 0 Å². The Balaban J connectivity index is 0.00000208. The Labute approximate surface area is 160 Å². The van der Waals surface area contributed by atoms with Gasteiger partial charge in [-0.3, -0.25) is 4.99 Å². The molecule has 7 heteroatoms. The van der Waals surface area contributed by atoms with E-state index in [0.717, 1.165) is 56.4 Å². The van der Waals surface area contributed by atoms with Crippen LogP contribution in [0.25, 0.3) is 0 Å². The van der Waals surface area contributed by atoms with Gasteiger partial charge in [-0.2, -0.15) is 0 Å². The molecule has 1 aromatic rings. The standard InChI is InChI=1S/C17H25N3O3.HI/c1-18-16(20-7-5-17(11-20)6-8-23-12-17)19-10-13-9-14(22-2)3-4-15(13)21;/h3-4,9,21H,5-8,10-12H2,1-2H3,(H,18,19);1H. The van der Waals surface area contributed by atoms with Crippen molar-refractivity contribution in [3.05, 3.63) is 23.8 Å². The second kappa shape index (κ2) is 8.24. The van der Waals surface area contributed by atoms with Gasteiger partial charge in [-0.05, 0) is 31.0 Å². The van der Waals surface area contributed by atoms with Crippen molar-refractivity contribution in [2.24, 2.45) is 10.4 Å². The molecular formula is C17H26IN3O3. The van der Waals surface area contributed by atoms with E-state index in [2.05, 4.69) is 15.2 Å². The maximum Gasteiger partial charge on any atom is 0.193 e. The lowest BCUT2D eigenvalue weighted by atomic mass is 9.87. The molecule has 2 N–H and O–H groups in total. The Bertz CT molecular complexity index is 588. The summed E-state index contributed by atoms with van der Waals surface area (Å²) in [6.07, 6.45) is 2.29. The molecular weight excluding hydrogens is 421 g/mol. The SMILES string of the molecule is CN=C(NCc1cc(OC)ccc1O)N1CCC2(CCOC2)C1.I. The first-order valence-corrected chi connectivity index (χ1v) is 8.05. The largest absolute Gasteiger partial charge is 0.508 e. The Kier molecular flexibility index (Phi) is 6.56. The van der Waals surface area contributed by atoms with E-state index in [1.54, 1.807) is 26.3 Å². The normalized spacial score (nSPS) is 23.4. The van der Waals surface area contributed by atoms with Crippen molar-refractivity contribution in [1.82, 2.24) is 10.2 Å². The number of aromatic hydroxyl groups is 1. The molecule has 1 aromatic carbocycles. The van der Waals surface area contributed by atoms with E-state index >= 15 is 0 Å². The van der Waals surface area contributed by atoms with Crippen molar-refractivity contribution in [2.75, 3.05) is 40.5 Å². The van der Waals surface area contributed by atoms with Crippen molar-refractivity contribution in [1.29, 1.82) is 0 Å². The first-order chi connectivity index (χ1) is 11.2. The molecule has 3 rings (SSSR count). The monoisotopic (exact) mass is 447 g/mol. The highest BCUT2D eigenvalue weighted by atomic mass is 127. The Hall–Kier alpha value is -1.22. The number of hydrogen-bond donors (Lipinski definition) is 2. The van der Waals surface area contributed by atoms with Gasteiger partial charge in [0, 0.05) is 44.3 Å². The number of methoxy groups -OCH3 is 1. The fraction of sp³-hybridized carbons (Fsp3) is 0.588. The van der Waals surface area contributed by atoms with Gasteiger partial charge in [0.1, 0.15) is 11.5 Å². The molecule has 0 aromatic heterocycles. The number of phenols is 1. The number of nitrogens with one attached hydrogen (secondary N) is 1. The van der Waals surface area contributed by atoms with Gasteiger partial charge in [-0.15, -0.1) is 24.0 Å². The quantitative estimate of drug-likeness (QED) is 0.423. The Morgan fingerprint density at radius 2 is 2.29 bits per heavy atom. The van der Waals surface area contributed by atoms with Crippen LogP contribution < -0.4 is 10.1 Å². The van der Waals surface area contributed by atoms with E-state index in [9.17, 15) is 5.11 Å². The summed E-state index contributed by atoms with van der Waals surface area (Å²) < 4.78 is 10.8. The average Bonchev–Trinajstić information content (AvgIpc) is 3.20. The zero-order chi connectivity index (χ0) is 16.3. The number of rotatable bonds is 3. The molecule has 0 amide bonds. The van der Waals surface area contributed by atoms with E-state index in [1.165, 1.54) is 0 Å². The molecule has 1 spiro atoms. The molecule has 1 unspecified atom stereocenters. The van der Waals surface area contributed by atoms with Crippen LogP contribution in [0.3, 0.4) is 0 Å². The van der Waals surface area contributed by atoms with Crippen molar-refractivity contribution in [3.8, 4) is 11.5 Å². The van der Waals surface area contributed by atoms with E-state index in [-0.39, 0.29) is 29.7 Å². The molecule has 0 radical (unpaired) electrons. The Morgan fingerprint density at radius 1 is 1.46 bits per heavy atom. The Morgan fingerprint density at radius 3 is 2.96 bits per heavy atom. The topological polar surface area (TPSA) is 66.3 Å². The molecule has 1 atom stereocenters. The fourth-order valence-corrected chi connectivity index (χ4v) is 3.42. The number of benzene rings is 1. The third-order valence-electron chi connectivity index (χ3n) is 4.86. The summed E-state index contributed by atoms with van der Waals surface area (Å²) in [6.45, 7) is 4.22. The van der Waals surface area contributed by atoms with Crippen LogP contribution in [0.5, 0.6) is 11.5 Å². The molecule has 2 aliphatic rings. The van der Waals surface area contributed by atoms with Crippen molar-refractivity contribution >= 4 is 29.9 Å². The van der Waals surface area contributed by atoms with Gasteiger partial charge in [0.05, 0.1) is 13.7 Å². The van der Waals surface area contributed by atoms with Crippen molar-refractivity contribution < 1.29 is 14.6 Å². The second-order valence-corrected chi connectivity index (χ2v) is 6.37. The molecule has 134 valence electrons. The van der Waals surface area contributed by atoms with Crippen LogP contribution in [-0.2, 0) is 11.3 Å². The van der Waals surface area contributed by atoms with Crippen LogP contribution in [0.15, 0.2) is 23.2 Å². The summed E-state index contributed by atoms with van der Waals surface area (Å²) >= 11 is 0. The number of phenolic OH excluding ortho intramolecular Hbond substituents is 1. The van der Waals surface area contributed by atoms with Gasteiger partial charge in [-0.1, -0.05) is 0 Å². The van der Waals surface area contributed by atoms with Crippen molar-refractivity contribution in [3.63, 3.8) is 0 Å². The van der Waals surface area contributed by atoms with Gasteiger partial charge < -0.3 is 24.8 Å². The molecule has 2 saturated heterocycles. The fourth-order valence-electron chi connectivity index (χ4n) is 3.42. The molecule has 6 nitrogen and oxygen atoms in total. The lowest BCUT2D eigenvalue weighted by Gasteiger charge is -2.25. The number of likely N-dealkylation sites (tertiary alicyclic amines) is 1. The third kappa shape index (κ3) is 4.05. The number of halogens is 1. The van der Waals surface area contributed by atoms with Crippen LogP contribution in [0.4, 0.5) is 0 Å². The molecule has 2 fully saturated rings. The minimum atomic E-state index is 0. The first kappa shape index (κ1) is 19.1. The highest BCUT2D eigenvalue weighted by Crippen LogP contribution is 2.38. The molecule has 2 heterocycles. The number of aliphatic imine (C=N–C) groups is 1. The minimum absolute atomic E-state index is 0. The van der Waals surface area contributed by atoms with E-state index in [4.69, 9.17) is 9.47 Å². The summed E-state index contributed by atoms with van der Waals surface area (Å²) in [6, 6.07) is 5.24. The molecule has 0 saturated carbocycles. The zero-order valence-corrected chi connectivity index (χ0v) is 16.6. The summed E-state index contributed by atoms with van der Waals surface area (Å²) in [5, 5.41) is 13.3. The van der Waals surface area contributed by atoms with E-state index in [1.807, 2.05) is 6.07 Å². The van der Waals surface area contributed by atoms with Crippen LogP contribution >= 0.6 is 24.0 Å². The van der Waals surface area contributed by atoms with Crippen molar-refractivity contribution in [2.45, 2.75) is 19.4 Å². The predicted molar refractivity (Wildman–Crippen MR) is 104 cm³/mol. The van der Waals surface area contributed by atoms with Gasteiger partial charge in [0.25, 0.3) is 0 Å². The van der Waals surface area contributed by atoms with Gasteiger partial charge in [-0.25, -0.2) is 0 Å². The number of guanidine groups is 1. The summed E-state index contributed by atoms with van der Waals surface area (Å²) in [7, 11) is 3.42. The van der Waals surface area contributed by atoms with Gasteiger partial charge in [0.15, 0.2) is 5.96 Å². The maximum atomic E-state index is 9.98. The molecule has 0 aliphatic carbocycles. The van der Waals surface area contributed by atoms with E-state index < -0.39 is 0 Å². The minimum Gasteiger partial charge on any atom is -0.508 e. The van der Waals surface area contributed by atoms with Crippen LogP contribution in [0.1, 0.15) is 18.4 Å². The average molecular weight is 447 g/mol. The van der Waals surface area contributed by atoms with Gasteiger partial charge in [0.2, 0.25) is 0 Å². The third-order valence-corrected chi connectivity index (χ3v) is 4.86. The predicted octanol–water partition coefficient (Wildman–Crippen LogP) is 2.21. The van der Waals surface area contributed by atoms with E-state index in [0.29, 0.717) is 12.0 Å². The lowest BCUT2D eigenvalue weighted by molar-refractivity contribution is 0.156. The van der Waals surface area contributed by atoms with Gasteiger partial charge >= 0.3 is 0 Å². The molecule has 24 heavy (non-hydrogen) atoms. The lowest BCUT2D eigenvalue weighted by Crippen LogP contribution is -2.41. The second-order valence-electron chi connectivity index (χ2n) is 6.37. The molecule has 2 aliphatic heterocycles. The maximum absolute atomic E-state index is 9.98. The first-order valence-electron chi connectivity index (χ1n) is 8.05. The zero-order valence-electron chi connectivity index (χ0n) is 14.2. The summed E-state index contributed by atoms with van der Waals surface area (Å²) in [5.41, 5.74) is 1.10. The van der Waals surface area contributed by atoms with Crippen LogP contribution in [0, 0.1) is 5.41 Å². The summed E-state index contributed by atoms with van der Waals surface area (Å²) in [4.78, 5) is 6.67. The number of nitrogens with zero attached hydrogens (tertiary/aromatic N) is 2. The number of hydrogen-bond acceptors (Lipinski definition) is 4. The molecule has 0 bridgehead atoms. The number of ether oxygens (including phenoxy) is 2. The highest BCUT2D eigenvalue weighted by Gasteiger charge is 2.42. The highest BCUT2D eigenvalue weighted by molar-refractivity contribution is 14.0. The summed E-state index contributed by atoms with van der Waals surface area (Å²) in [5.74, 6) is 1.87.